The van der Waals surface area contributed by atoms with Gasteiger partial charge in [0, 0.05) is 5.56 Å². The molecular weight excluding hydrogens is 323 g/mol. The lowest BCUT2D eigenvalue weighted by molar-refractivity contribution is -0.140. The third-order valence-corrected chi connectivity index (χ3v) is 3.03. The molecule has 1 aromatic carbocycles. The Labute approximate surface area is 130 Å². The number of hydrogen-bond donors (Lipinski definition) is 3. The smallest absolute Gasteiger partial charge is 0.326 e. The first-order valence-electron chi connectivity index (χ1n) is 5.61. The lowest BCUT2D eigenvalue weighted by Gasteiger charge is -2.14. The third-order valence-electron chi connectivity index (χ3n) is 2.47. The number of carboxylic acids is 1. The van der Waals surface area contributed by atoms with Crippen molar-refractivity contribution in [2.75, 3.05) is 7.11 Å². The van der Waals surface area contributed by atoms with Gasteiger partial charge in [0.15, 0.2) is 5.75 Å². The quantitative estimate of drug-likeness (QED) is 0.718. The van der Waals surface area contributed by atoms with Crippen LogP contribution >= 0.6 is 23.2 Å². The van der Waals surface area contributed by atoms with E-state index in [2.05, 4.69) is 5.32 Å². The maximum atomic E-state index is 12.0. The number of benzene rings is 1. The zero-order valence-electron chi connectivity index (χ0n) is 10.9. The fourth-order valence-corrected chi connectivity index (χ4v) is 2.17. The Morgan fingerprint density at radius 1 is 1.33 bits per heavy atom. The average Bonchev–Trinajstić information content (AvgIpc) is 2.36. The molecule has 0 radical (unpaired) electrons. The minimum absolute atomic E-state index is 0.0292. The summed E-state index contributed by atoms with van der Waals surface area (Å²) in [5.74, 6) is -2.79. The fourth-order valence-electron chi connectivity index (χ4n) is 1.53. The number of hydrogen-bond acceptors (Lipinski definition) is 4. The van der Waals surface area contributed by atoms with Crippen molar-refractivity contribution in [1.29, 1.82) is 0 Å². The van der Waals surface area contributed by atoms with E-state index >= 15 is 0 Å². The van der Waals surface area contributed by atoms with Crippen LogP contribution in [0.5, 0.6) is 5.75 Å². The number of amides is 2. The summed E-state index contributed by atoms with van der Waals surface area (Å²) >= 11 is 11.8. The van der Waals surface area contributed by atoms with Crippen molar-refractivity contribution in [3.63, 3.8) is 0 Å². The Hall–Kier alpha value is -1.99. The Morgan fingerprint density at radius 3 is 2.24 bits per heavy atom. The molecule has 0 saturated carbocycles. The van der Waals surface area contributed by atoms with E-state index in [1.165, 1.54) is 19.2 Å². The normalized spacial score (nSPS) is 11.6. The molecular formula is C12H12Cl2N2O5. The molecule has 1 rings (SSSR count). The van der Waals surface area contributed by atoms with Gasteiger partial charge >= 0.3 is 5.97 Å². The molecule has 0 saturated heterocycles. The number of carboxylic acid groups (broad SMARTS) is 1. The molecule has 0 aliphatic carbocycles. The Bertz CT molecular complexity index is 568. The zero-order valence-corrected chi connectivity index (χ0v) is 12.4. The van der Waals surface area contributed by atoms with E-state index in [0.717, 1.165) is 0 Å². The number of aliphatic carboxylic acids is 1. The van der Waals surface area contributed by atoms with Crippen molar-refractivity contribution in [2.24, 2.45) is 5.73 Å². The molecule has 2 amide bonds. The van der Waals surface area contributed by atoms with Crippen LogP contribution in [0.25, 0.3) is 0 Å². The standard InChI is InChI=1S/C12H12Cl2N2O5/c1-21-10-6(13)2-5(3-7(10)14)11(18)16-8(12(19)20)4-9(15)17/h2-3,8H,4H2,1H3,(H2,15,17)(H,16,18)(H,19,20)/t8-/m0/s1. The molecule has 0 spiro atoms. The number of nitrogens with one attached hydrogen (secondary N) is 1. The Kier molecular flexibility index (Phi) is 5.80. The molecule has 0 unspecified atom stereocenters. The summed E-state index contributed by atoms with van der Waals surface area (Å²) in [6.07, 6.45) is -0.529. The predicted octanol–water partition coefficient (Wildman–Crippen LogP) is 1.06. The van der Waals surface area contributed by atoms with E-state index in [1.54, 1.807) is 0 Å². The second-order valence-electron chi connectivity index (χ2n) is 4.01. The first kappa shape index (κ1) is 17.1. The van der Waals surface area contributed by atoms with Gasteiger partial charge in [-0.1, -0.05) is 23.2 Å². The highest BCUT2D eigenvalue weighted by molar-refractivity contribution is 6.37. The minimum atomic E-state index is -1.44. The van der Waals surface area contributed by atoms with Gasteiger partial charge in [-0.15, -0.1) is 0 Å². The highest BCUT2D eigenvalue weighted by Crippen LogP contribution is 2.33. The first-order chi connectivity index (χ1) is 9.76. The number of carbonyl (C=O) groups excluding carboxylic acids is 2. The van der Waals surface area contributed by atoms with Crippen molar-refractivity contribution in [2.45, 2.75) is 12.5 Å². The number of carbonyl (C=O) groups is 3. The molecule has 9 heteroatoms. The number of halogens is 2. The molecule has 4 N–H and O–H groups in total. The summed E-state index contributed by atoms with van der Waals surface area (Å²) in [5, 5.41) is 11.3. The van der Waals surface area contributed by atoms with Gasteiger partial charge in [0.1, 0.15) is 6.04 Å². The van der Waals surface area contributed by atoms with E-state index in [-0.39, 0.29) is 21.4 Å². The summed E-state index contributed by atoms with van der Waals surface area (Å²) in [6, 6.07) is 1.10. The van der Waals surface area contributed by atoms with Crippen LogP contribution in [0.1, 0.15) is 16.8 Å². The van der Waals surface area contributed by atoms with Gasteiger partial charge in [-0.3, -0.25) is 9.59 Å². The SMILES string of the molecule is COc1c(Cl)cc(C(=O)N[C@@H](CC(N)=O)C(=O)O)cc1Cl. The molecule has 0 fully saturated rings. The maximum absolute atomic E-state index is 12.0. The van der Waals surface area contributed by atoms with Crippen LogP contribution in [0.3, 0.4) is 0 Å². The largest absolute Gasteiger partial charge is 0.494 e. The number of rotatable bonds is 6. The first-order valence-corrected chi connectivity index (χ1v) is 6.36. The van der Waals surface area contributed by atoms with Gasteiger partial charge in [0.2, 0.25) is 5.91 Å². The second kappa shape index (κ2) is 7.14. The third kappa shape index (κ3) is 4.51. The summed E-state index contributed by atoms with van der Waals surface area (Å²) in [7, 11) is 1.36. The number of methoxy groups -OCH3 is 1. The van der Waals surface area contributed by atoms with Crippen molar-refractivity contribution in [1.82, 2.24) is 5.32 Å². The molecule has 114 valence electrons. The van der Waals surface area contributed by atoms with Crippen LogP contribution in [0.4, 0.5) is 0 Å². The molecule has 0 aromatic heterocycles. The molecule has 0 bridgehead atoms. The van der Waals surface area contributed by atoms with Crippen LogP contribution < -0.4 is 15.8 Å². The summed E-state index contributed by atoms with van der Waals surface area (Å²) < 4.78 is 4.93. The Morgan fingerprint density at radius 2 is 1.86 bits per heavy atom. The summed E-state index contributed by atoms with van der Waals surface area (Å²) in [4.78, 5) is 33.7. The summed E-state index contributed by atoms with van der Waals surface area (Å²) in [6.45, 7) is 0. The van der Waals surface area contributed by atoms with E-state index in [1.807, 2.05) is 0 Å². The molecule has 1 aromatic rings. The van der Waals surface area contributed by atoms with Crippen LogP contribution in [0, 0.1) is 0 Å². The van der Waals surface area contributed by atoms with E-state index < -0.39 is 30.2 Å². The molecule has 0 aliphatic heterocycles. The highest BCUT2D eigenvalue weighted by Gasteiger charge is 2.23. The minimum Gasteiger partial charge on any atom is -0.494 e. The van der Waals surface area contributed by atoms with Crippen molar-refractivity contribution in [3.8, 4) is 5.75 Å². The van der Waals surface area contributed by atoms with Gasteiger partial charge in [0.25, 0.3) is 5.91 Å². The fraction of sp³-hybridized carbons (Fsp3) is 0.250. The van der Waals surface area contributed by atoms with E-state index in [0.29, 0.717) is 0 Å². The van der Waals surface area contributed by atoms with Gasteiger partial charge in [-0.25, -0.2) is 4.79 Å². The highest BCUT2D eigenvalue weighted by atomic mass is 35.5. The van der Waals surface area contributed by atoms with Crippen LogP contribution in [0.15, 0.2) is 12.1 Å². The second-order valence-corrected chi connectivity index (χ2v) is 4.82. The van der Waals surface area contributed by atoms with Gasteiger partial charge in [-0.2, -0.15) is 0 Å². The number of nitrogens with two attached hydrogens (primary N) is 1. The zero-order chi connectivity index (χ0) is 16.2. The van der Waals surface area contributed by atoms with Gasteiger partial charge < -0.3 is 20.9 Å². The van der Waals surface area contributed by atoms with Crippen molar-refractivity contribution in [3.05, 3.63) is 27.7 Å². The van der Waals surface area contributed by atoms with Crippen molar-refractivity contribution < 1.29 is 24.2 Å². The van der Waals surface area contributed by atoms with Crippen LogP contribution in [-0.4, -0.2) is 36.0 Å². The lowest BCUT2D eigenvalue weighted by atomic mass is 10.1. The number of ether oxygens (including phenoxy) is 1. The van der Waals surface area contributed by atoms with E-state index in [9.17, 15) is 14.4 Å². The maximum Gasteiger partial charge on any atom is 0.326 e. The monoisotopic (exact) mass is 334 g/mol. The van der Waals surface area contributed by atoms with Crippen LogP contribution in [0.2, 0.25) is 10.0 Å². The Balaban J connectivity index is 2.98. The lowest BCUT2D eigenvalue weighted by Crippen LogP contribution is -2.43. The molecule has 7 nitrogen and oxygen atoms in total. The topological polar surface area (TPSA) is 119 Å². The van der Waals surface area contributed by atoms with Crippen molar-refractivity contribution >= 4 is 41.0 Å². The summed E-state index contributed by atoms with van der Waals surface area (Å²) in [5.41, 5.74) is 4.95. The predicted molar refractivity (Wildman–Crippen MR) is 75.7 cm³/mol. The number of primary amides is 1. The molecule has 0 heterocycles. The van der Waals surface area contributed by atoms with Gasteiger partial charge in [-0.05, 0) is 12.1 Å². The van der Waals surface area contributed by atoms with E-state index in [4.69, 9.17) is 38.8 Å². The van der Waals surface area contributed by atoms with Gasteiger partial charge in [0.05, 0.1) is 23.6 Å². The molecule has 21 heavy (non-hydrogen) atoms. The van der Waals surface area contributed by atoms with Crippen LogP contribution in [-0.2, 0) is 9.59 Å². The molecule has 0 aliphatic rings. The average molecular weight is 335 g/mol. The molecule has 1 atom stereocenters.